The monoisotopic (exact) mass is 395 g/mol. The summed E-state index contributed by atoms with van der Waals surface area (Å²) >= 11 is 0. The molecule has 0 bridgehead atoms. The second-order valence-corrected chi connectivity index (χ2v) is 8.55. The van der Waals surface area contributed by atoms with Gasteiger partial charge in [0.25, 0.3) is 0 Å². The molecule has 2 aromatic heterocycles. The maximum Gasteiger partial charge on any atom is 0.311 e. The fraction of sp³-hybridized carbons (Fsp3) is 0.435. The van der Waals surface area contributed by atoms with Crippen LogP contribution in [0.4, 0.5) is 0 Å². The van der Waals surface area contributed by atoms with Gasteiger partial charge in [-0.3, -0.25) is 4.79 Å². The fourth-order valence-electron chi connectivity index (χ4n) is 3.53. The van der Waals surface area contributed by atoms with Crippen molar-refractivity contribution in [2.45, 2.75) is 52.4 Å². The van der Waals surface area contributed by atoms with Crippen molar-refractivity contribution in [3.63, 3.8) is 0 Å². The van der Waals surface area contributed by atoms with Crippen LogP contribution in [-0.2, 0) is 14.9 Å². The van der Waals surface area contributed by atoms with E-state index in [4.69, 9.17) is 14.8 Å². The summed E-state index contributed by atoms with van der Waals surface area (Å²) in [7, 11) is 1.58. The van der Waals surface area contributed by atoms with Gasteiger partial charge in [-0.1, -0.05) is 50.6 Å². The van der Waals surface area contributed by atoms with Gasteiger partial charge in [0.2, 0.25) is 0 Å². The molecule has 1 N–H and O–H groups in total. The smallest absolute Gasteiger partial charge is 0.311 e. The number of aryl methyl sites for hydroxylation is 2. The zero-order chi connectivity index (χ0) is 21.3. The number of rotatable bonds is 6. The zero-order valence-electron chi connectivity index (χ0n) is 18.0. The Hall–Kier alpha value is -2.73. The van der Waals surface area contributed by atoms with E-state index >= 15 is 0 Å². The van der Waals surface area contributed by atoms with Crippen LogP contribution >= 0.6 is 0 Å². The number of ether oxygens (including phenoxy) is 1. The average molecular weight is 396 g/mol. The second kappa shape index (κ2) is 7.95. The average Bonchev–Trinajstić information content (AvgIpc) is 3.06. The molecule has 3 rings (SSSR count). The maximum atomic E-state index is 12.2. The molecule has 0 saturated carbocycles. The molecule has 1 aromatic carbocycles. The Labute approximate surface area is 171 Å². The van der Waals surface area contributed by atoms with Gasteiger partial charge in [0.05, 0.1) is 17.3 Å². The summed E-state index contributed by atoms with van der Waals surface area (Å²) in [6.45, 7) is 10.6. The molecule has 154 valence electrons. The number of hydrogen-bond acceptors (Lipinski definition) is 4. The summed E-state index contributed by atoms with van der Waals surface area (Å²) in [5, 5.41) is 14.8. The van der Waals surface area contributed by atoms with Crippen molar-refractivity contribution in [3.05, 3.63) is 52.8 Å². The summed E-state index contributed by atoms with van der Waals surface area (Å²) < 4.78 is 6.98. The van der Waals surface area contributed by atoms with Gasteiger partial charge in [-0.2, -0.15) is 5.10 Å². The van der Waals surface area contributed by atoms with Crippen LogP contribution in [0.3, 0.4) is 0 Å². The van der Waals surface area contributed by atoms with Gasteiger partial charge < -0.3 is 9.84 Å². The number of benzene rings is 1. The number of nitrogens with zero attached hydrogens (tertiary/aromatic N) is 3. The fourth-order valence-corrected chi connectivity index (χ4v) is 3.53. The topological polar surface area (TPSA) is 76.7 Å². The van der Waals surface area contributed by atoms with E-state index in [9.17, 15) is 9.90 Å². The number of aliphatic carboxylic acids is 1. The first-order valence-electron chi connectivity index (χ1n) is 9.83. The number of carbonyl (C=O) groups is 1. The van der Waals surface area contributed by atoms with Crippen molar-refractivity contribution in [1.82, 2.24) is 14.6 Å². The molecule has 0 saturated heterocycles. The van der Waals surface area contributed by atoms with Gasteiger partial charge in [-0.15, -0.1) is 0 Å². The van der Waals surface area contributed by atoms with E-state index in [1.54, 1.807) is 11.6 Å². The molecule has 0 fully saturated rings. The highest BCUT2D eigenvalue weighted by Crippen LogP contribution is 2.35. The van der Waals surface area contributed by atoms with Crippen LogP contribution in [0, 0.1) is 13.8 Å². The van der Waals surface area contributed by atoms with Gasteiger partial charge in [-0.25, -0.2) is 9.50 Å². The van der Waals surface area contributed by atoms with Crippen LogP contribution < -0.4 is 0 Å². The third-order valence-electron chi connectivity index (χ3n) is 5.18. The SMILES string of the molecule is COCCC(C(=O)O)c1c(C)nc2cc(C(C)(C)C)nn2c1-c1ccc(C)cc1. The molecule has 0 spiro atoms. The Morgan fingerprint density at radius 3 is 2.41 bits per heavy atom. The largest absolute Gasteiger partial charge is 0.481 e. The van der Waals surface area contributed by atoms with Gasteiger partial charge in [-0.05, 0) is 20.3 Å². The van der Waals surface area contributed by atoms with E-state index in [0.29, 0.717) is 24.3 Å². The Bertz CT molecular complexity index is 1030. The van der Waals surface area contributed by atoms with Gasteiger partial charge >= 0.3 is 5.97 Å². The number of hydrogen-bond donors (Lipinski definition) is 1. The van der Waals surface area contributed by atoms with Crippen molar-refractivity contribution >= 4 is 11.6 Å². The molecule has 29 heavy (non-hydrogen) atoms. The molecular weight excluding hydrogens is 366 g/mol. The van der Waals surface area contributed by atoms with Gasteiger partial charge in [0.1, 0.15) is 0 Å². The minimum Gasteiger partial charge on any atom is -0.481 e. The lowest BCUT2D eigenvalue weighted by Gasteiger charge is -2.20. The summed E-state index contributed by atoms with van der Waals surface area (Å²) in [6, 6.07) is 10.1. The lowest BCUT2D eigenvalue weighted by Crippen LogP contribution is -2.19. The van der Waals surface area contributed by atoms with E-state index in [1.807, 2.05) is 44.2 Å². The molecule has 2 heterocycles. The Balaban J connectivity index is 2.36. The van der Waals surface area contributed by atoms with Crippen molar-refractivity contribution in [2.24, 2.45) is 0 Å². The minimum atomic E-state index is -0.886. The molecule has 0 radical (unpaired) electrons. The number of aromatic nitrogens is 3. The van der Waals surface area contributed by atoms with Crippen molar-refractivity contribution < 1.29 is 14.6 Å². The normalized spacial score (nSPS) is 13.0. The van der Waals surface area contributed by atoms with Crippen LogP contribution in [-0.4, -0.2) is 39.4 Å². The van der Waals surface area contributed by atoms with E-state index in [0.717, 1.165) is 28.2 Å². The Kier molecular flexibility index (Phi) is 5.75. The standard InChI is InChI=1S/C23H29N3O3/c1-14-7-9-16(10-8-14)21-20(17(22(27)28)11-12-29-6)15(2)24-19-13-18(23(3,4)5)25-26(19)21/h7-10,13,17H,11-12H2,1-6H3,(H,27,28). The van der Waals surface area contributed by atoms with E-state index in [1.165, 1.54) is 0 Å². The first-order chi connectivity index (χ1) is 13.6. The van der Waals surface area contributed by atoms with Gasteiger partial charge in [0.15, 0.2) is 5.65 Å². The minimum absolute atomic E-state index is 0.144. The molecule has 0 amide bonds. The first kappa shape index (κ1) is 21.0. The highest BCUT2D eigenvalue weighted by molar-refractivity contribution is 5.81. The molecule has 6 heteroatoms. The number of methoxy groups -OCH3 is 1. The van der Waals surface area contributed by atoms with Crippen molar-refractivity contribution in [3.8, 4) is 11.3 Å². The van der Waals surface area contributed by atoms with E-state index < -0.39 is 11.9 Å². The van der Waals surface area contributed by atoms with Crippen molar-refractivity contribution in [2.75, 3.05) is 13.7 Å². The van der Waals surface area contributed by atoms with E-state index in [2.05, 4.69) is 20.8 Å². The molecule has 0 aliphatic carbocycles. The van der Waals surface area contributed by atoms with Crippen LogP contribution in [0.5, 0.6) is 0 Å². The van der Waals surface area contributed by atoms with E-state index in [-0.39, 0.29) is 5.41 Å². The summed E-state index contributed by atoms with van der Waals surface area (Å²) in [6.07, 6.45) is 0.367. The number of carboxylic acids is 1. The van der Waals surface area contributed by atoms with Crippen LogP contribution in [0.15, 0.2) is 30.3 Å². The lowest BCUT2D eigenvalue weighted by atomic mass is 9.90. The second-order valence-electron chi connectivity index (χ2n) is 8.55. The highest BCUT2D eigenvalue weighted by Gasteiger charge is 2.29. The summed E-state index contributed by atoms with van der Waals surface area (Å²) in [5.74, 6) is -1.62. The molecule has 0 aliphatic rings. The van der Waals surface area contributed by atoms with Crippen LogP contribution in [0.25, 0.3) is 16.9 Å². The molecule has 3 aromatic rings. The Morgan fingerprint density at radius 1 is 1.21 bits per heavy atom. The van der Waals surface area contributed by atoms with Crippen LogP contribution in [0.2, 0.25) is 0 Å². The quantitative estimate of drug-likeness (QED) is 0.664. The summed E-state index contributed by atoms with van der Waals surface area (Å²) in [4.78, 5) is 16.9. The predicted molar refractivity (Wildman–Crippen MR) is 113 cm³/mol. The molecular formula is C23H29N3O3. The number of carboxylic acid groups (broad SMARTS) is 1. The lowest BCUT2D eigenvalue weighted by molar-refractivity contribution is -0.139. The third kappa shape index (κ3) is 4.17. The first-order valence-corrected chi connectivity index (χ1v) is 9.83. The molecule has 6 nitrogen and oxygen atoms in total. The number of fused-ring (bicyclic) bond motifs is 1. The third-order valence-corrected chi connectivity index (χ3v) is 5.18. The highest BCUT2D eigenvalue weighted by atomic mass is 16.5. The zero-order valence-corrected chi connectivity index (χ0v) is 18.0. The Morgan fingerprint density at radius 2 is 1.86 bits per heavy atom. The predicted octanol–water partition coefficient (Wildman–Crippen LogP) is 4.52. The van der Waals surface area contributed by atoms with Crippen molar-refractivity contribution in [1.29, 1.82) is 0 Å². The molecule has 1 unspecified atom stereocenters. The molecule has 1 atom stereocenters. The van der Waals surface area contributed by atoms with Gasteiger partial charge in [0, 0.05) is 42.0 Å². The maximum absolute atomic E-state index is 12.2. The summed E-state index contributed by atoms with van der Waals surface area (Å²) in [5.41, 5.74) is 5.74. The van der Waals surface area contributed by atoms with Crippen LogP contribution in [0.1, 0.15) is 55.6 Å². The molecule has 0 aliphatic heterocycles.